The molecule has 0 aliphatic carbocycles. The SMILES string of the molecule is Cc1c(C(=O)NCc2cccnc2)nn(-c2ccc(F)cc2)c1Oc1ccc([N+](=O)[O-])cc1S(=O)(=O)NCC(C)C. The average molecular weight is 583 g/mol. The van der Waals surface area contributed by atoms with Gasteiger partial charge in [-0.15, -0.1) is 0 Å². The first-order valence-corrected chi connectivity index (χ1v) is 13.9. The van der Waals surface area contributed by atoms with Gasteiger partial charge in [0.15, 0.2) is 5.69 Å². The van der Waals surface area contributed by atoms with E-state index in [0.717, 1.165) is 23.8 Å². The van der Waals surface area contributed by atoms with Gasteiger partial charge in [0.2, 0.25) is 15.9 Å². The van der Waals surface area contributed by atoms with Crippen LogP contribution in [0.2, 0.25) is 0 Å². The molecule has 2 N–H and O–H groups in total. The molecule has 0 bridgehead atoms. The summed E-state index contributed by atoms with van der Waals surface area (Å²) in [7, 11) is -4.25. The molecule has 214 valence electrons. The molecule has 4 rings (SSSR count). The lowest BCUT2D eigenvalue weighted by Crippen LogP contribution is -2.28. The third kappa shape index (κ3) is 6.91. The third-order valence-electron chi connectivity index (χ3n) is 5.85. The lowest BCUT2D eigenvalue weighted by molar-refractivity contribution is -0.385. The van der Waals surface area contributed by atoms with Gasteiger partial charge in [0.05, 0.1) is 10.6 Å². The maximum absolute atomic E-state index is 13.7. The van der Waals surface area contributed by atoms with Crippen LogP contribution in [0.15, 0.2) is 71.9 Å². The van der Waals surface area contributed by atoms with Crippen LogP contribution in [0.25, 0.3) is 5.69 Å². The number of hydrogen-bond donors (Lipinski definition) is 2. The Hall–Kier alpha value is -4.69. The van der Waals surface area contributed by atoms with Gasteiger partial charge in [-0.2, -0.15) is 9.78 Å². The maximum atomic E-state index is 13.7. The summed E-state index contributed by atoms with van der Waals surface area (Å²) in [6.45, 7) is 5.41. The zero-order valence-electron chi connectivity index (χ0n) is 22.4. The van der Waals surface area contributed by atoms with Crippen LogP contribution in [0.5, 0.6) is 11.6 Å². The number of benzene rings is 2. The number of carbonyl (C=O) groups is 1. The number of nitro groups is 1. The molecule has 0 radical (unpaired) electrons. The maximum Gasteiger partial charge on any atom is 0.272 e. The van der Waals surface area contributed by atoms with Gasteiger partial charge in [0, 0.05) is 43.2 Å². The number of carbonyl (C=O) groups excluding carboxylic acids is 1. The number of pyridine rings is 1. The molecule has 14 heteroatoms. The molecule has 2 aromatic carbocycles. The molecule has 4 aromatic rings. The van der Waals surface area contributed by atoms with E-state index in [1.807, 2.05) is 0 Å². The number of sulfonamides is 1. The predicted octanol–water partition coefficient (Wildman–Crippen LogP) is 4.28. The molecule has 0 atom stereocenters. The molecule has 12 nitrogen and oxygen atoms in total. The van der Waals surface area contributed by atoms with E-state index in [4.69, 9.17) is 4.74 Å². The Balaban J connectivity index is 1.79. The second-order valence-corrected chi connectivity index (χ2v) is 11.2. The number of rotatable bonds is 11. The summed E-state index contributed by atoms with van der Waals surface area (Å²) < 4.78 is 49.8. The number of nitro benzene ring substituents is 1. The Morgan fingerprint density at radius 3 is 2.54 bits per heavy atom. The monoisotopic (exact) mass is 582 g/mol. The van der Waals surface area contributed by atoms with Crippen LogP contribution in [-0.4, -0.2) is 40.6 Å². The molecule has 0 aliphatic heterocycles. The topological polar surface area (TPSA) is 158 Å². The standard InChI is InChI=1S/C27H27FN6O6S/c1-17(2)14-31-41(38,39)24-13-22(34(36)37)10-11-23(24)40-27-18(3)25(26(35)30-16-19-5-4-12-29-15-19)32-33(27)21-8-6-20(28)7-9-21/h4-13,15,17,31H,14,16H2,1-3H3,(H,30,35). The Morgan fingerprint density at radius 2 is 1.90 bits per heavy atom. The van der Waals surface area contributed by atoms with Gasteiger partial charge in [-0.3, -0.25) is 19.9 Å². The van der Waals surface area contributed by atoms with Crippen LogP contribution < -0.4 is 14.8 Å². The van der Waals surface area contributed by atoms with Crippen molar-refractivity contribution in [2.24, 2.45) is 5.92 Å². The van der Waals surface area contributed by atoms with Crippen molar-refractivity contribution in [2.75, 3.05) is 6.54 Å². The minimum atomic E-state index is -4.25. The van der Waals surface area contributed by atoms with E-state index in [1.54, 1.807) is 45.3 Å². The molecular weight excluding hydrogens is 555 g/mol. The minimum absolute atomic E-state index is 0.0301. The number of non-ortho nitro benzene ring substituents is 1. The normalized spacial score (nSPS) is 11.4. The predicted molar refractivity (Wildman–Crippen MR) is 147 cm³/mol. The molecule has 0 unspecified atom stereocenters. The number of hydrogen-bond acceptors (Lipinski definition) is 8. The molecule has 0 saturated carbocycles. The van der Waals surface area contributed by atoms with Crippen molar-refractivity contribution in [2.45, 2.75) is 32.2 Å². The van der Waals surface area contributed by atoms with Crippen LogP contribution in [0, 0.1) is 28.8 Å². The molecule has 0 fully saturated rings. The van der Waals surface area contributed by atoms with E-state index in [-0.39, 0.29) is 41.9 Å². The smallest absolute Gasteiger partial charge is 0.272 e. The zero-order chi connectivity index (χ0) is 29.7. The Bertz CT molecular complexity index is 1670. The quantitative estimate of drug-likeness (QED) is 0.196. The van der Waals surface area contributed by atoms with E-state index in [0.29, 0.717) is 5.69 Å². The van der Waals surface area contributed by atoms with E-state index < -0.39 is 37.3 Å². The van der Waals surface area contributed by atoms with Crippen molar-refractivity contribution in [1.82, 2.24) is 24.8 Å². The lowest BCUT2D eigenvalue weighted by Gasteiger charge is -2.15. The van der Waals surface area contributed by atoms with Gasteiger partial charge in [0.1, 0.15) is 16.5 Å². The lowest BCUT2D eigenvalue weighted by atomic mass is 10.2. The van der Waals surface area contributed by atoms with Crippen molar-refractivity contribution >= 4 is 21.6 Å². The van der Waals surface area contributed by atoms with E-state index in [1.165, 1.54) is 28.9 Å². The highest BCUT2D eigenvalue weighted by atomic mass is 32.2. The number of halogens is 1. The summed E-state index contributed by atoms with van der Waals surface area (Å²) in [4.78, 5) is 27.4. The van der Waals surface area contributed by atoms with E-state index >= 15 is 0 Å². The molecule has 0 spiro atoms. The van der Waals surface area contributed by atoms with Crippen LogP contribution >= 0.6 is 0 Å². The second kappa shape index (κ2) is 12.2. The fourth-order valence-corrected chi connectivity index (χ4v) is 5.06. The number of nitrogens with one attached hydrogen (secondary N) is 2. The highest BCUT2D eigenvalue weighted by Crippen LogP contribution is 2.35. The first kappa shape index (κ1) is 29.3. The van der Waals surface area contributed by atoms with Gasteiger partial charge < -0.3 is 10.1 Å². The van der Waals surface area contributed by atoms with Gasteiger partial charge in [-0.1, -0.05) is 19.9 Å². The fourth-order valence-electron chi connectivity index (χ4n) is 3.71. The Kier molecular flexibility index (Phi) is 8.74. The van der Waals surface area contributed by atoms with E-state index in [9.17, 15) is 27.7 Å². The summed E-state index contributed by atoms with van der Waals surface area (Å²) in [5.41, 5.74) is 0.830. The number of nitrogens with zero attached hydrogens (tertiary/aromatic N) is 4. The first-order valence-electron chi connectivity index (χ1n) is 12.4. The van der Waals surface area contributed by atoms with Crippen LogP contribution in [0.3, 0.4) is 0 Å². The Morgan fingerprint density at radius 1 is 1.17 bits per heavy atom. The fraction of sp³-hybridized carbons (Fsp3) is 0.222. The summed E-state index contributed by atoms with van der Waals surface area (Å²) in [5, 5.41) is 18.6. The first-order chi connectivity index (χ1) is 19.5. The van der Waals surface area contributed by atoms with Gasteiger partial charge in [-0.05, 0) is 54.8 Å². The van der Waals surface area contributed by atoms with Crippen molar-refractivity contribution in [3.05, 3.63) is 99.7 Å². The molecule has 2 aromatic heterocycles. The second-order valence-electron chi connectivity index (χ2n) is 9.45. The van der Waals surface area contributed by atoms with Gasteiger partial charge in [-0.25, -0.2) is 17.5 Å². The number of ether oxygens (including phenoxy) is 1. The summed E-state index contributed by atoms with van der Waals surface area (Å²) in [6, 6.07) is 11.9. The largest absolute Gasteiger partial charge is 0.437 e. The summed E-state index contributed by atoms with van der Waals surface area (Å²) >= 11 is 0. The van der Waals surface area contributed by atoms with Crippen molar-refractivity contribution < 1.29 is 27.3 Å². The molecular formula is C27H27FN6O6S. The average Bonchev–Trinajstić information content (AvgIpc) is 3.27. The molecule has 0 saturated heterocycles. The number of aromatic nitrogens is 3. The molecule has 0 aliphatic rings. The van der Waals surface area contributed by atoms with Crippen molar-refractivity contribution in [1.29, 1.82) is 0 Å². The van der Waals surface area contributed by atoms with Gasteiger partial charge >= 0.3 is 0 Å². The molecule has 1 amide bonds. The minimum Gasteiger partial charge on any atom is -0.437 e. The van der Waals surface area contributed by atoms with Gasteiger partial charge in [0.25, 0.3) is 11.6 Å². The number of amides is 1. The molecule has 2 heterocycles. The van der Waals surface area contributed by atoms with Crippen molar-refractivity contribution in [3.63, 3.8) is 0 Å². The molecule has 41 heavy (non-hydrogen) atoms. The highest BCUT2D eigenvalue weighted by Gasteiger charge is 2.28. The van der Waals surface area contributed by atoms with Crippen molar-refractivity contribution in [3.8, 4) is 17.3 Å². The third-order valence-corrected chi connectivity index (χ3v) is 7.29. The van der Waals surface area contributed by atoms with Crippen LogP contribution in [-0.2, 0) is 16.6 Å². The van der Waals surface area contributed by atoms with Crippen LogP contribution in [0.1, 0.15) is 35.5 Å². The summed E-state index contributed by atoms with van der Waals surface area (Å²) in [6.07, 6.45) is 3.21. The van der Waals surface area contributed by atoms with Crippen LogP contribution in [0.4, 0.5) is 10.1 Å². The highest BCUT2D eigenvalue weighted by molar-refractivity contribution is 7.89. The summed E-state index contributed by atoms with van der Waals surface area (Å²) in [5.74, 6) is -1.37. The zero-order valence-corrected chi connectivity index (χ0v) is 23.2. The van der Waals surface area contributed by atoms with E-state index in [2.05, 4.69) is 20.1 Å². The Labute approximate surface area is 235 Å².